The molecule has 2 aromatic rings. The van der Waals surface area contributed by atoms with Crippen molar-refractivity contribution in [2.45, 2.75) is 32.7 Å². The van der Waals surface area contributed by atoms with Crippen LogP contribution in [0.2, 0.25) is 0 Å². The monoisotopic (exact) mass is 259 g/mol. The van der Waals surface area contributed by atoms with Crippen LogP contribution in [0, 0.1) is 0 Å². The summed E-state index contributed by atoms with van der Waals surface area (Å²) < 4.78 is 0. The molecule has 1 atom stereocenters. The number of rotatable bonds is 6. The van der Waals surface area contributed by atoms with Crippen LogP contribution in [0.3, 0.4) is 0 Å². The summed E-state index contributed by atoms with van der Waals surface area (Å²) in [4.78, 5) is 2.81. The van der Waals surface area contributed by atoms with Crippen LogP contribution >= 0.6 is 11.3 Å². The van der Waals surface area contributed by atoms with Crippen molar-refractivity contribution < 1.29 is 0 Å². The number of hydrogen-bond donors (Lipinski definition) is 1. The molecule has 96 valence electrons. The van der Waals surface area contributed by atoms with Gasteiger partial charge in [-0.15, -0.1) is 11.3 Å². The molecule has 0 aliphatic heterocycles. The van der Waals surface area contributed by atoms with Crippen molar-refractivity contribution in [1.29, 1.82) is 0 Å². The smallest absolute Gasteiger partial charge is 0.0412 e. The quantitative estimate of drug-likeness (QED) is 0.780. The van der Waals surface area contributed by atoms with Gasteiger partial charge in [0.15, 0.2) is 0 Å². The van der Waals surface area contributed by atoms with E-state index in [2.05, 4.69) is 61.6 Å². The Labute approximate surface area is 114 Å². The van der Waals surface area contributed by atoms with Crippen LogP contribution in [-0.4, -0.2) is 6.54 Å². The maximum atomic E-state index is 3.61. The van der Waals surface area contributed by atoms with E-state index < -0.39 is 0 Å². The maximum absolute atomic E-state index is 3.61. The van der Waals surface area contributed by atoms with Crippen molar-refractivity contribution in [3.63, 3.8) is 0 Å². The lowest BCUT2D eigenvalue weighted by atomic mass is 10.1. The molecule has 0 amide bonds. The van der Waals surface area contributed by atoms with E-state index in [0.717, 1.165) is 13.0 Å². The number of thiophene rings is 1. The Morgan fingerprint density at radius 2 is 1.83 bits per heavy atom. The summed E-state index contributed by atoms with van der Waals surface area (Å²) in [5, 5.41) is 3.61. The minimum Gasteiger partial charge on any atom is -0.309 e. The summed E-state index contributed by atoms with van der Waals surface area (Å²) in [6.45, 7) is 5.55. The van der Waals surface area contributed by atoms with E-state index in [0.29, 0.717) is 6.04 Å². The molecule has 0 spiro atoms. The molecule has 0 radical (unpaired) electrons. The fourth-order valence-electron chi connectivity index (χ4n) is 2.06. The van der Waals surface area contributed by atoms with Crippen LogP contribution in [0.15, 0.2) is 42.5 Å². The molecule has 0 saturated carbocycles. The molecule has 1 aromatic carbocycles. The van der Waals surface area contributed by atoms with Gasteiger partial charge >= 0.3 is 0 Å². The zero-order valence-corrected chi connectivity index (χ0v) is 12.0. The van der Waals surface area contributed by atoms with Crippen LogP contribution in [-0.2, 0) is 0 Å². The van der Waals surface area contributed by atoms with Gasteiger partial charge in [-0.05, 0) is 37.1 Å². The number of hydrogen-bond acceptors (Lipinski definition) is 2. The van der Waals surface area contributed by atoms with Gasteiger partial charge in [0.1, 0.15) is 0 Å². The Morgan fingerprint density at radius 1 is 1.06 bits per heavy atom. The van der Waals surface area contributed by atoms with Gasteiger partial charge in [0.25, 0.3) is 0 Å². The highest BCUT2D eigenvalue weighted by molar-refractivity contribution is 7.15. The zero-order valence-electron chi connectivity index (χ0n) is 11.1. The second-order valence-corrected chi connectivity index (χ2v) is 5.60. The number of benzene rings is 1. The fraction of sp³-hybridized carbons (Fsp3) is 0.375. The predicted octanol–water partition coefficient (Wildman–Crippen LogP) is 4.87. The molecule has 0 fully saturated rings. The molecule has 0 saturated heterocycles. The van der Waals surface area contributed by atoms with Crippen molar-refractivity contribution in [3.05, 3.63) is 47.3 Å². The van der Waals surface area contributed by atoms with E-state index in [-0.39, 0.29) is 0 Å². The Morgan fingerprint density at radius 3 is 2.50 bits per heavy atom. The van der Waals surface area contributed by atoms with E-state index in [1.54, 1.807) is 0 Å². The molecule has 0 bridgehead atoms. The average Bonchev–Trinajstić information content (AvgIpc) is 2.90. The van der Waals surface area contributed by atoms with Gasteiger partial charge in [-0.1, -0.05) is 44.2 Å². The van der Waals surface area contributed by atoms with Gasteiger partial charge in [0, 0.05) is 15.8 Å². The SMILES string of the molecule is CCCNC(CC)c1ccc(-c2ccccc2)s1. The van der Waals surface area contributed by atoms with Gasteiger partial charge in [-0.2, -0.15) is 0 Å². The molecule has 0 aliphatic carbocycles. The third-order valence-electron chi connectivity index (χ3n) is 3.08. The Kier molecular flexibility index (Phi) is 4.97. The second-order valence-electron chi connectivity index (χ2n) is 4.48. The Bertz CT molecular complexity index is 461. The van der Waals surface area contributed by atoms with Crippen molar-refractivity contribution in [1.82, 2.24) is 5.32 Å². The lowest BCUT2D eigenvalue weighted by Crippen LogP contribution is -2.20. The molecule has 1 N–H and O–H groups in total. The third kappa shape index (κ3) is 3.21. The Balaban J connectivity index is 2.14. The highest BCUT2D eigenvalue weighted by Crippen LogP contribution is 2.32. The molecular formula is C16H21NS. The Hall–Kier alpha value is -1.12. The molecule has 1 unspecified atom stereocenters. The molecular weight excluding hydrogens is 238 g/mol. The van der Waals surface area contributed by atoms with E-state index in [9.17, 15) is 0 Å². The lowest BCUT2D eigenvalue weighted by Gasteiger charge is -2.14. The first kappa shape index (κ1) is 13.3. The fourth-order valence-corrected chi connectivity index (χ4v) is 3.23. The van der Waals surface area contributed by atoms with E-state index in [1.807, 2.05) is 11.3 Å². The second kappa shape index (κ2) is 6.72. The van der Waals surface area contributed by atoms with Crippen LogP contribution in [0.25, 0.3) is 10.4 Å². The molecule has 1 nitrogen and oxygen atoms in total. The van der Waals surface area contributed by atoms with Crippen molar-refractivity contribution in [2.75, 3.05) is 6.54 Å². The molecule has 0 aliphatic rings. The standard InChI is InChI=1S/C16H21NS/c1-3-12-17-14(4-2)16-11-10-15(18-16)13-8-6-5-7-9-13/h5-11,14,17H,3-4,12H2,1-2H3. The van der Waals surface area contributed by atoms with Crippen molar-refractivity contribution in [3.8, 4) is 10.4 Å². The largest absolute Gasteiger partial charge is 0.309 e. The summed E-state index contributed by atoms with van der Waals surface area (Å²) in [5.74, 6) is 0. The molecule has 1 heterocycles. The highest BCUT2D eigenvalue weighted by Gasteiger charge is 2.11. The van der Waals surface area contributed by atoms with Crippen molar-refractivity contribution >= 4 is 11.3 Å². The van der Waals surface area contributed by atoms with Gasteiger partial charge in [-0.3, -0.25) is 0 Å². The minimum absolute atomic E-state index is 0.507. The average molecular weight is 259 g/mol. The predicted molar refractivity (Wildman–Crippen MR) is 81.1 cm³/mol. The first-order valence-electron chi connectivity index (χ1n) is 6.73. The molecule has 18 heavy (non-hydrogen) atoms. The molecule has 2 rings (SSSR count). The van der Waals surface area contributed by atoms with Crippen LogP contribution in [0.5, 0.6) is 0 Å². The van der Waals surface area contributed by atoms with Gasteiger partial charge in [0.2, 0.25) is 0 Å². The zero-order chi connectivity index (χ0) is 12.8. The molecule has 1 aromatic heterocycles. The van der Waals surface area contributed by atoms with Crippen LogP contribution in [0.1, 0.15) is 37.6 Å². The van der Waals surface area contributed by atoms with Crippen molar-refractivity contribution in [2.24, 2.45) is 0 Å². The number of nitrogens with one attached hydrogen (secondary N) is 1. The van der Waals surface area contributed by atoms with E-state index >= 15 is 0 Å². The summed E-state index contributed by atoms with van der Waals surface area (Å²) in [6, 6.07) is 15.6. The lowest BCUT2D eigenvalue weighted by molar-refractivity contribution is 0.525. The van der Waals surface area contributed by atoms with E-state index in [4.69, 9.17) is 0 Å². The van der Waals surface area contributed by atoms with Gasteiger partial charge < -0.3 is 5.32 Å². The third-order valence-corrected chi connectivity index (χ3v) is 4.33. The first-order chi connectivity index (χ1) is 8.85. The summed E-state index contributed by atoms with van der Waals surface area (Å²) in [6.07, 6.45) is 2.34. The minimum atomic E-state index is 0.507. The van der Waals surface area contributed by atoms with Gasteiger partial charge in [0.05, 0.1) is 0 Å². The highest BCUT2D eigenvalue weighted by atomic mass is 32.1. The topological polar surface area (TPSA) is 12.0 Å². The maximum Gasteiger partial charge on any atom is 0.0412 e. The first-order valence-corrected chi connectivity index (χ1v) is 7.55. The van der Waals surface area contributed by atoms with Gasteiger partial charge in [-0.25, -0.2) is 0 Å². The van der Waals surface area contributed by atoms with E-state index in [1.165, 1.54) is 21.7 Å². The van der Waals surface area contributed by atoms with Crippen LogP contribution in [0.4, 0.5) is 0 Å². The normalized spacial score (nSPS) is 12.6. The summed E-state index contributed by atoms with van der Waals surface area (Å²) >= 11 is 1.91. The van der Waals surface area contributed by atoms with Crippen LogP contribution < -0.4 is 5.32 Å². The summed E-state index contributed by atoms with van der Waals surface area (Å²) in [7, 11) is 0. The molecule has 2 heteroatoms. The summed E-state index contributed by atoms with van der Waals surface area (Å²) in [5.41, 5.74) is 1.32.